The summed E-state index contributed by atoms with van der Waals surface area (Å²) >= 11 is 1.91. The summed E-state index contributed by atoms with van der Waals surface area (Å²) in [6, 6.07) is 0.455. The van der Waals surface area contributed by atoms with E-state index in [0.29, 0.717) is 64.5 Å². The zero-order chi connectivity index (χ0) is 22.2. The van der Waals surface area contributed by atoms with Gasteiger partial charge in [0.1, 0.15) is 0 Å². The van der Waals surface area contributed by atoms with Gasteiger partial charge in [-0.15, -0.1) is 0 Å². The molecule has 3 amide bonds. The van der Waals surface area contributed by atoms with Crippen molar-refractivity contribution in [3.63, 3.8) is 0 Å². The summed E-state index contributed by atoms with van der Waals surface area (Å²) in [4.78, 5) is 23.3. The summed E-state index contributed by atoms with van der Waals surface area (Å²) in [5, 5.41) is 9.29. The molecule has 9 nitrogen and oxygen atoms in total. The van der Waals surface area contributed by atoms with Crippen molar-refractivity contribution in [2.75, 3.05) is 65.2 Å². The van der Waals surface area contributed by atoms with Crippen molar-refractivity contribution < 1.29 is 28.5 Å². The third-order valence-corrected chi connectivity index (χ3v) is 6.62. The van der Waals surface area contributed by atoms with Crippen LogP contribution in [0.2, 0.25) is 0 Å². The van der Waals surface area contributed by atoms with E-state index in [4.69, 9.17) is 18.9 Å². The number of urea groups is 1. The summed E-state index contributed by atoms with van der Waals surface area (Å²) < 4.78 is 21.6. The van der Waals surface area contributed by atoms with Gasteiger partial charge in [-0.2, -0.15) is 11.8 Å². The number of ether oxygens (including phenoxy) is 4. The molecule has 0 bridgehead atoms. The quantitative estimate of drug-likeness (QED) is 0.197. The molecule has 10 heteroatoms. The molecule has 0 aromatic heterocycles. The molecule has 31 heavy (non-hydrogen) atoms. The van der Waals surface area contributed by atoms with Gasteiger partial charge >= 0.3 is 6.03 Å². The largest absolute Gasteiger partial charge is 0.379 e. The van der Waals surface area contributed by atoms with Crippen LogP contribution in [0, 0.1) is 0 Å². The summed E-state index contributed by atoms with van der Waals surface area (Å²) in [5.74, 6) is 1.04. The number of fused-ring (bicyclic) bond motifs is 1. The number of carbonyl (C=O) groups is 2. The molecule has 0 saturated carbocycles. The molecular formula is C21H39N3O6S. The van der Waals surface area contributed by atoms with E-state index < -0.39 is 0 Å². The van der Waals surface area contributed by atoms with Crippen LogP contribution in [0.4, 0.5) is 4.79 Å². The van der Waals surface area contributed by atoms with Crippen molar-refractivity contribution in [3.8, 4) is 0 Å². The molecule has 2 aliphatic heterocycles. The zero-order valence-electron chi connectivity index (χ0n) is 18.7. The van der Waals surface area contributed by atoms with Gasteiger partial charge in [0.2, 0.25) is 5.91 Å². The molecule has 3 atom stereocenters. The molecular weight excluding hydrogens is 422 g/mol. The molecule has 0 aromatic rings. The van der Waals surface area contributed by atoms with Gasteiger partial charge in [0, 0.05) is 30.6 Å². The first-order chi connectivity index (χ1) is 15.2. The molecule has 0 unspecified atom stereocenters. The van der Waals surface area contributed by atoms with Crippen LogP contribution in [0.3, 0.4) is 0 Å². The number of thioether (sulfide) groups is 1. The number of hydrogen-bond donors (Lipinski definition) is 3. The zero-order valence-corrected chi connectivity index (χ0v) is 19.5. The number of unbranched alkanes of at least 4 members (excludes halogenated alkanes) is 1. The Morgan fingerprint density at radius 2 is 1.61 bits per heavy atom. The lowest BCUT2D eigenvalue weighted by atomic mass is 10.0. The van der Waals surface area contributed by atoms with Crippen LogP contribution in [0.1, 0.15) is 39.0 Å². The van der Waals surface area contributed by atoms with E-state index in [0.717, 1.165) is 38.0 Å². The Kier molecular flexibility index (Phi) is 14.0. The van der Waals surface area contributed by atoms with Crippen LogP contribution in [0.5, 0.6) is 0 Å². The van der Waals surface area contributed by atoms with Gasteiger partial charge < -0.3 is 34.9 Å². The van der Waals surface area contributed by atoms with E-state index in [2.05, 4.69) is 22.9 Å². The van der Waals surface area contributed by atoms with E-state index in [9.17, 15) is 9.59 Å². The van der Waals surface area contributed by atoms with Gasteiger partial charge in [-0.1, -0.05) is 13.3 Å². The highest BCUT2D eigenvalue weighted by atomic mass is 32.2. The van der Waals surface area contributed by atoms with Crippen LogP contribution in [-0.4, -0.2) is 94.4 Å². The predicted molar refractivity (Wildman–Crippen MR) is 121 cm³/mol. The molecule has 2 fully saturated rings. The maximum atomic E-state index is 11.9. The number of carbonyl (C=O) groups excluding carboxylic acids is 2. The Labute approximate surface area is 190 Å². The van der Waals surface area contributed by atoms with Crippen LogP contribution in [-0.2, 0) is 23.7 Å². The molecule has 2 rings (SSSR count). The Bertz CT molecular complexity index is 514. The Morgan fingerprint density at radius 3 is 2.29 bits per heavy atom. The van der Waals surface area contributed by atoms with Crippen molar-refractivity contribution in [3.05, 3.63) is 0 Å². The fourth-order valence-corrected chi connectivity index (χ4v) is 5.07. The molecule has 3 N–H and O–H groups in total. The predicted octanol–water partition coefficient (Wildman–Crippen LogP) is 1.30. The highest BCUT2D eigenvalue weighted by Crippen LogP contribution is 2.33. The first-order valence-electron chi connectivity index (χ1n) is 11.5. The number of nitrogens with one attached hydrogen (secondary N) is 3. The average molecular weight is 462 g/mol. The third kappa shape index (κ3) is 11.4. The lowest BCUT2D eigenvalue weighted by Gasteiger charge is -2.16. The lowest BCUT2D eigenvalue weighted by Crippen LogP contribution is -2.36. The van der Waals surface area contributed by atoms with E-state index in [1.165, 1.54) is 0 Å². The highest BCUT2D eigenvalue weighted by molar-refractivity contribution is 8.00. The Balaban J connectivity index is 1.30. The normalized spacial score (nSPS) is 22.2. The van der Waals surface area contributed by atoms with Gasteiger partial charge in [0.15, 0.2) is 0 Å². The second-order valence-corrected chi connectivity index (χ2v) is 8.94. The molecule has 2 heterocycles. The minimum absolute atomic E-state index is 0.0498. The first kappa shape index (κ1) is 26.2. The smallest absolute Gasteiger partial charge is 0.315 e. The second kappa shape index (κ2) is 16.5. The maximum Gasteiger partial charge on any atom is 0.315 e. The fraction of sp³-hybridized carbons (Fsp3) is 0.905. The van der Waals surface area contributed by atoms with Crippen molar-refractivity contribution in [1.82, 2.24) is 16.0 Å². The topological polar surface area (TPSA) is 107 Å². The molecule has 2 saturated heterocycles. The van der Waals surface area contributed by atoms with Crippen LogP contribution in [0.25, 0.3) is 0 Å². The highest BCUT2D eigenvalue weighted by Gasteiger charge is 2.42. The molecule has 180 valence electrons. The van der Waals surface area contributed by atoms with Crippen molar-refractivity contribution in [1.29, 1.82) is 0 Å². The summed E-state index contributed by atoms with van der Waals surface area (Å²) in [6.07, 6.45) is 4.44. The SMILES string of the molecule is CCCOCCOCCOCCOCCNC(=O)CCCC[C@@H]1SC[C@@H]2NC(=O)N[C@@H]21. The third-order valence-electron chi connectivity index (χ3n) is 5.11. The minimum atomic E-state index is -0.0498. The van der Waals surface area contributed by atoms with Gasteiger partial charge in [-0.3, -0.25) is 4.79 Å². The molecule has 0 aromatic carbocycles. The number of hydrogen-bond acceptors (Lipinski definition) is 7. The first-order valence-corrected chi connectivity index (χ1v) is 12.5. The summed E-state index contributed by atoms with van der Waals surface area (Å²) in [6.45, 7) is 7.18. The minimum Gasteiger partial charge on any atom is -0.379 e. The second-order valence-electron chi connectivity index (χ2n) is 7.67. The van der Waals surface area contributed by atoms with E-state index in [1.54, 1.807) is 0 Å². The Morgan fingerprint density at radius 1 is 0.968 bits per heavy atom. The standard InChI is InChI=1S/C21H39N3O6S/c1-2-8-27-10-12-29-14-15-30-13-11-28-9-7-22-19(25)6-4-3-5-18-20-17(16-31-18)23-21(26)24-20/h17-18,20H,2-16H2,1H3,(H,22,25)(H2,23,24,26)/t17-,18-,20-/m0/s1. The molecule has 0 spiro atoms. The lowest BCUT2D eigenvalue weighted by molar-refractivity contribution is -0.121. The van der Waals surface area contributed by atoms with Crippen LogP contribution < -0.4 is 16.0 Å². The van der Waals surface area contributed by atoms with E-state index >= 15 is 0 Å². The van der Waals surface area contributed by atoms with Crippen molar-refractivity contribution >= 4 is 23.7 Å². The molecule has 2 aliphatic rings. The monoisotopic (exact) mass is 461 g/mol. The fourth-order valence-electron chi connectivity index (χ4n) is 3.53. The number of rotatable bonds is 19. The maximum absolute atomic E-state index is 11.9. The van der Waals surface area contributed by atoms with E-state index in [1.807, 2.05) is 11.8 Å². The molecule has 0 aliphatic carbocycles. The van der Waals surface area contributed by atoms with Gasteiger partial charge in [0.25, 0.3) is 0 Å². The van der Waals surface area contributed by atoms with Crippen molar-refractivity contribution in [2.24, 2.45) is 0 Å². The summed E-state index contributed by atoms with van der Waals surface area (Å²) in [7, 11) is 0. The average Bonchev–Trinajstić information content (AvgIpc) is 3.30. The van der Waals surface area contributed by atoms with Gasteiger partial charge in [0.05, 0.1) is 58.3 Å². The van der Waals surface area contributed by atoms with Crippen molar-refractivity contribution in [2.45, 2.75) is 56.4 Å². The van der Waals surface area contributed by atoms with E-state index in [-0.39, 0.29) is 24.0 Å². The Hall–Kier alpha value is -1.07. The van der Waals surface area contributed by atoms with Crippen LogP contribution in [0.15, 0.2) is 0 Å². The molecule has 0 radical (unpaired) electrons. The van der Waals surface area contributed by atoms with Crippen LogP contribution >= 0.6 is 11.8 Å². The van der Waals surface area contributed by atoms with Gasteiger partial charge in [-0.25, -0.2) is 4.79 Å². The number of amides is 3. The summed E-state index contributed by atoms with van der Waals surface area (Å²) in [5.41, 5.74) is 0. The van der Waals surface area contributed by atoms with Gasteiger partial charge in [-0.05, 0) is 19.3 Å².